The van der Waals surface area contributed by atoms with Crippen molar-refractivity contribution in [1.82, 2.24) is 10.3 Å². The van der Waals surface area contributed by atoms with Crippen molar-refractivity contribution in [2.24, 2.45) is 0 Å². The van der Waals surface area contributed by atoms with Crippen molar-refractivity contribution in [3.63, 3.8) is 0 Å². The first-order chi connectivity index (χ1) is 9.15. The molecule has 2 aromatic rings. The zero-order chi connectivity index (χ0) is 13.7. The second-order valence-electron chi connectivity index (χ2n) is 3.63. The summed E-state index contributed by atoms with van der Waals surface area (Å²) in [7, 11) is 0. The third kappa shape index (κ3) is 3.79. The highest BCUT2D eigenvalue weighted by Gasteiger charge is 2.10. The number of pyridine rings is 1. The van der Waals surface area contributed by atoms with E-state index in [1.807, 2.05) is 0 Å². The molecule has 0 atom stereocenters. The summed E-state index contributed by atoms with van der Waals surface area (Å²) in [6.45, 7) is 0. The molecule has 0 bridgehead atoms. The Morgan fingerprint density at radius 2 is 1.79 bits per heavy atom. The Bertz CT molecular complexity index is 585. The summed E-state index contributed by atoms with van der Waals surface area (Å²) >= 11 is 5.71. The van der Waals surface area contributed by atoms with Gasteiger partial charge in [-0.15, -0.1) is 0 Å². The molecule has 5 nitrogen and oxygen atoms in total. The Hall–Kier alpha value is -2.40. The van der Waals surface area contributed by atoms with Crippen LogP contribution in [0.25, 0.3) is 0 Å². The van der Waals surface area contributed by atoms with Crippen molar-refractivity contribution in [2.75, 3.05) is 5.32 Å². The van der Waals surface area contributed by atoms with E-state index in [9.17, 15) is 9.59 Å². The van der Waals surface area contributed by atoms with Gasteiger partial charge in [-0.1, -0.05) is 17.7 Å². The third-order valence-corrected chi connectivity index (χ3v) is 2.49. The predicted molar refractivity (Wildman–Crippen MR) is 72.2 cm³/mol. The van der Waals surface area contributed by atoms with Gasteiger partial charge >= 0.3 is 6.03 Å². The zero-order valence-electron chi connectivity index (χ0n) is 9.76. The number of imide groups is 1. The Labute approximate surface area is 114 Å². The van der Waals surface area contributed by atoms with Gasteiger partial charge in [0.2, 0.25) is 0 Å². The van der Waals surface area contributed by atoms with Gasteiger partial charge in [0.05, 0.1) is 0 Å². The molecule has 0 aliphatic rings. The quantitative estimate of drug-likeness (QED) is 0.885. The van der Waals surface area contributed by atoms with Crippen LogP contribution in [0.1, 0.15) is 10.4 Å². The fourth-order valence-corrected chi connectivity index (χ4v) is 1.49. The monoisotopic (exact) mass is 275 g/mol. The van der Waals surface area contributed by atoms with E-state index in [1.165, 1.54) is 18.3 Å². The summed E-state index contributed by atoms with van der Waals surface area (Å²) in [6, 6.07) is 10.6. The van der Waals surface area contributed by atoms with E-state index < -0.39 is 11.9 Å². The van der Waals surface area contributed by atoms with E-state index in [2.05, 4.69) is 15.6 Å². The van der Waals surface area contributed by atoms with Crippen molar-refractivity contribution < 1.29 is 9.59 Å². The van der Waals surface area contributed by atoms with Crippen molar-refractivity contribution in [1.29, 1.82) is 0 Å². The average Bonchev–Trinajstić information content (AvgIpc) is 2.40. The topological polar surface area (TPSA) is 71.1 Å². The lowest BCUT2D eigenvalue weighted by Crippen LogP contribution is -2.34. The lowest BCUT2D eigenvalue weighted by Gasteiger charge is -2.05. The maximum absolute atomic E-state index is 11.7. The van der Waals surface area contributed by atoms with Crippen LogP contribution in [-0.4, -0.2) is 16.9 Å². The molecule has 19 heavy (non-hydrogen) atoms. The Kier molecular flexibility index (Phi) is 4.10. The SMILES string of the molecule is O=C(NC(=O)c1ccc(Cl)cc1)Nc1ccccn1. The average molecular weight is 276 g/mol. The van der Waals surface area contributed by atoms with Crippen LogP contribution in [0.15, 0.2) is 48.7 Å². The number of halogens is 1. The van der Waals surface area contributed by atoms with E-state index in [0.717, 1.165) is 0 Å². The minimum atomic E-state index is -0.640. The third-order valence-electron chi connectivity index (χ3n) is 2.24. The van der Waals surface area contributed by atoms with Crippen LogP contribution in [0, 0.1) is 0 Å². The van der Waals surface area contributed by atoms with Crippen molar-refractivity contribution >= 4 is 29.4 Å². The number of anilines is 1. The van der Waals surface area contributed by atoms with Crippen LogP contribution in [0.5, 0.6) is 0 Å². The van der Waals surface area contributed by atoms with Crippen molar-refractivity contribution in [3.05, 3.63) is 59.2 Å². The number of nitrogens with one attached hydrogen (secondary N) is 2. The zero-order valence-corrected chi connectivity index (χ0v) is 10.5. The molecule has 0 aliphatic heterocycles. The number of nitrogens with zero attached hydrogens (tertiary/aromatic N) is 1. The minimum absolute atomic E-state index is 0.348. The molecule has 0 fully saturated rings. The van der Waals surface area contributed by atoms with Gasteiger partial charge < -0.3 is 0 Å². The van der Waals surface area contributed by atoms with Crippen LogP contribution in [0.4, 0.5) is 10.6 Å². The lowest BCUT2D eigenvalue weighted by atomic mass is 10.2. The largest absolute Gasteiger partial charge is 0.327 e. The van der Waals surface area contributed by atoms with Crippen LogP contribution >= 0.6 is 11.6 Å². The molecule has 0 saturated heterocycles. The summed E-state index contributed by atoms with van der Waals surface area (Å²) < 4.78 is 0. The first-order valence-corrected chi connectivity index (χ1v) is 5.82. The number of amides is 3. The molecule has 0 spiro atoms. The van der Waals surface area contributed by atoms with E-state index in [4.69, 9.17) is 11.6 Å². The summed E-state index contributed by atoms with van der Waals surface area (Å²) in [6.07, 6.45) is 1.54. The van der Waals surface area contributed by atoms with Gasteiger partial charge in [-0.05, 0) is 36.4 Å². The van der Waals surface area contributed by atoms with E-state index in [1.54, 1.807) is 30.3 Å². The fourth-order valence-electron chi connectivity index (χ4n) is 1.36. The molecule has 1 aromatic carbocycles. The highest BCUT2D eigenvalue weighted by atomic mass is 35.5. The number of urea groups is 1. The number of rotatable bonds is 2. The van der Waals surface area contributed by atoms with Crippen LogP contribution in [-0.2, 0) is 0 Å². The minimum Gasteiger partial charge on any atom is -0.292 e. The van der Waals surface area contributed by atoms with Gasteiger partial charge in [-0.25, -0.2) is 9.78 Å². The molecule has 0 saturated carbocycles. The van der Waals surface area contributed by atoms with Gasteiger partial charge in [0.1, 0.15) is 5.82 Å². The number of aromatic nitrogens is 1. The van der Waals surface area contributed by atoms with E-state index in [0.29, 0.717) is 16.4 Å². The summed E-state index contributed by atoms with van der Waals surface area (Å²) in [4.78, 5) is 27.2. The van der Waals surface area contributed by atoms with Crippen molar-refractivity contribution in [2.45, 2.75) is 0 Å². The van der Waals surface area contributed by atoms with E-state index in [-0.39, 0.29) is 0 Å². The normalized spacial score (nSPS) is 9.74. The highest BCUT2D eigenvalue weighted by molar-refractivity contribution is 6.30. The lowest BCUT2D eigenvalue weighted by molar-refractivity contribution is 0.0967. The maximum atomic E-state index is 11.7. The van der Waals surface area contributed by atoms with Crippen LogP contribution in [0.2, 0.25) is 5.02 Å². The number of benzene rings is 1. The second-order valence-corrected chi connectivity index (χ2v) is 4.07. The molecule has 0 unspecified atom stereocenters. The Morgan fingerprint density at radius 1 is 1.05 bits per heavy atom. The standard InChI is InChI=1S/C13H10ClN3O2/c14-10-6-4-9(5-7-10)12(18)17-13(19)16-11-3-1-2-8-15-11/h1-8H,(H2,15,16,17,18,19). The first-order valence-electron chi connectivity index (χ1n) is 5.44. The molecule has 6 heteroatoms. The fraction of sp³-hybridized carbons (Fsp3) is 0. The van der Waals surface area contributed by atoms with Gasteiger partial charge in [0, 0.05) is 16.8 Å². The number of carbonyl (C=O) groups excluding carboxylic acids is 2. The first kappa shape index (κ1) is 13.0. The second kappa shape index (κ2) is 5.97. The molecular formula is C13H10ClN3O2. The molecular weight excluding hydrogens is 266 g/mol. The summed E-state index contributed by atoms with van der Waals surface area (Å²) in [5, 5.41) is 5.16. The number of carbonyl (C=O) groups is 2. The van der Waals surface area contributed by atoms with E-state index >= 15 is 0 Å². The van der Waals surface area contributed by atoms with Crippen LogP contribution < -0.4 is 10.6 Å². The van der Waals surface area contributed by atoms with Gasteiger partial charge in [-0.2, -0.15) is 0 Å². The molecule has 3 amide bonds. The molecule has 2 rings (SSSR count). The number of hydrogen-bond donors (Lipinski definition) is 2. The Morgan fingerprint density at radius 3 is 2.42 bits per heavy atom. The van der Waals surface area contributed by atoms with Crippen LogP contribution in [0.3, 0.4) is 0 Å². The number of hydrogen-bond acceptors (Lipinski definition) is 3. The summed E-state index contributed by atoms with van der Waals surface area (Å²) in [5.41, 5.74) is 0.348. The molecule has 1 aromatic heterocycles. The predicted octanol–water partition coefficient (Wildman–Crippen LogP) is 2.70. The van der Waals surface area contributed by atoms with Gasteiger partial charge in [-0.3, -0.25) is 15.4 Å². The smallest absolute Gasteiger partial charge is 0.292 e. The Balaban J connectivity index is 1.95. The molecule has 2 N–H and O–H groups in total. The molecule has 96 valence electrons. The maximum Gasteiger partial charge on any atom is 0.327 e. The summed E-state index contributed by atoms with van der Waals surface area (Å²) in [5.74, 6) is -0.144. The van der Waals surface area contributed by atoms with Gasteiger partial charge in [0.15, 0.2) is 0 Å². The molecule has 0 radical (unpaired) electrons. The van der Waals surface area contributed by atoms with Gasteiger partial charge in [0.25, 0.3) is 5.91 Å². The molecule has 1 heterocycles. The van der Waals surface area contributed by atoms with Crippen molar-refractivity contribution in [3.8, 4) is 0 Å². The highest BCUT2D eigenvalue weighted by Crippen LogP contribution is 2.09. The molecule has 0 aliphatic carbocycles.